The van der Waals surface area contributed by atoms with Gasteiger partial charge in [0.25, 0.3) is 0 Å². The first-order valence-corrected chi connectivity index (χ1v) is 8.41. The van der Waals surface area contributed by atoms with E-state index in [2.05, 4.69) is 33.9 Å². The van der Waals surface area contributed by atoms with Gasteiger partial charge in [-0.2, -0.15) is 0 Å². The van der Waals surface area contributed by atoms with Gasteiger partial charge in [0.05, 0.1) is 0 Å². The van der Waals surface area contributed by atoms with E-state index in [-0.39, 0.29) is 0 Å². The Kier molecular flexibility index (Phi) is 3.44. The Labute approximate surface area is 89.4 Å². The molecule has 1 aliphatic carbocycles. The third-order valence-electron chi connectivity index (χ3n) is 3.13. The van der Waals surface area contributed by atoms with E-state index in [1.54, 1.807) is 0 Å². The number of aliphatic hydroxyl groups is 1. The highest BCUT2D eigenvalue weighted by molar-refractivity contribution is 6.48. The topological polar surface area (TPSA) is 29.5 Å². The Bertz CT molecular complexity index is 198. The Morgan fingerprint density at radius 3 is 2.29 bits per heavy atom. The Balaban J connectivity index is 2.55. The molecule has 0 spiro atoms. The lowest BCUT2D eigenvalue weighted by molar-refractivity contribution is -0.138. The fraction of sp³-hybridized carbons (Fsp3) is 1.00. The minimum absolute atomic E-state index is 0.298. The van der Waals surface area contributed by atoms with E-state index in [4.69, 9.17) is 4.43 Å². The van der Waals surface area contributed by atoms with Crippen LogP contribution in [0.4, 0.5) is 0 Å². The molecule has 2 nitrogen and oxygen atoms in total. The maximum Gasteiger partial charge on any atom is 0.174 e. The van der Waals surface area contributed by atoms with E-state index >= 15 is 0 Å². The van der Waals surface area contributed by atoms with Gasteiger partial charge >= 0.3 is 0 Å². The average Bonchev–Trinajstić information content (AvgIpc) is 2.28. The third-order valence-corrected chi connectivity index (χ3v) is 4.04. The zero-order valence-electron chi connectivity index (χ0n) is 10.1. The Morgan fingerprint density at radius 2 is 1.93 bits per heavy atom. The molecule has 0 bridgehead atoms. The molecule has 1 aliphatic rings. The molecule has 2 unspecified atom stereocenters. The summed E-state index contributed by atoms with van der Waals surface area (Å²) in [7, 11) is -1.12. The maximum atomic E-state index is 10.2. The second-order valence-corrected chi connectivity index (χ2v) is 8.25. The summed E-state index contributed by atoms with van der Waals surface area (Å²) in [5, 5.41) is 10.2. The van der Waals surface area contributed by atoms with Crippen LogP contribution in [-0.2, 0) is 4.43 Å². The lowest BCUT2D eigenvalue weighted by Gasteiger charge is -2.30. The summed E-state index contributed by atoms with van der Waals surface area (Å²) < 4.78 is 5.72. The maximum absolute atomic E-state index is 10.2. The minimum Gasteiger partial charge on any atom is -0.394 e. The van der Waals surface area contributed by atoms with Gasteiger partial charge in [0, 0.05) is 12.8 Å². The van der Waals surface area contributed by atoms with Crippen molar-refractivity contribution in [3.05, 3.63) is 0 Å². The first-order chi connectivity index (χ1) is 6.23. The summed E-state index contributed by atoms with van der Waals surface area (Å²) in [5.74, 6) is -0.196. The van der Waals surface area contributed by atoms with Crippen LogP contribution in [0.3, 0.4) is 0 Å². The van der Waals surface area contributed by atoms with Crippen LogP contribution in [0.2, 0.25) is 13.1 Å². The van der Waals surface area contributed by atoms with Crippen molar-refractivity contribution < 1.29 is 9.53 Å². The minimum atomic E-state index is -1.12. The van der Waals surface area contributed by atoms with Gasteiger partial charge in [-0.25, -0.2) is 0 Å². The quantitative estimate of drug-likeness (QED) is 0.568. The van der Waals surface area contributed by atoms with Gasteiger partial charge in [-0.15, -0.1) is 0 Å². The molecule has 0 aromatic rings. The van der Waals surface area contributed by atoms with Crippen LogP contribution < -0.4 is 0 Å². The van der Waals surface area contributed by atoms with Crippen molar-refractivity contribution in [2.24, 2.45) is 11.3 Å². The molecular weight excluding hydrogens is 192 g/mol. The van der Waals surface area contributed by atoms with E-state index in [1.807, 2.05) is 0 Å². The van der Waals surface area contributed by atoms with E-state index in [1.165, 1.54) is 0 Å². The molecule has 0 heterocycles. The highest BCUT2D eigenvalue weighted by Gasteiger charge is 2.42. The molecular formula is C11H24O2Si. The summed E-state index contributed by atoms with van der Waals surface area (Å²) in [6, 6.07) is 0. The first kappa shape index (κ1) is 12.2. The predicted molar refractivity (Wildman–Crippen MR) is 61.7 cm³/mol. The van der Waals surface area contributed by atoms with Gasteiger partial charge < -0.3 is 9.53 Å². The molecule has 2 atom stereocenters. The second kappa shape index (κ2) is 3.95. The summed E-state index contributed by atoms with van der Waals surface area (Å²) in [4.78, 5) is 0. The predicted octanol–water partition coefficient (Wildman–Crippen LogP) is 2.52. The van der Waals surface area contributed by atoms with Crippen molar-refractivity contribution in [3.8, 4) is 0 Å². The summed E-state index contributed by atoms with van der Waals surface area (Å²) in [5.41, 5.74) is 0.298. The van der Waals surface area contributed by atoms with Gasteiger partial charge in [0.15, 0.2) is 14.8 Å². The van der Waals surface area contributed by atoms with Crippen molar-refractivity contribution in [2.75, 3.05) is 0 Å². The van der Waals surface area contributed by atoms with Crippen LogP contribution in [0.1, 0.15) is 40.0 Å². The van der Waals surface area contributed by atoms with Crippen LogP contribution in [0, 0.1) is 11.3 Å². The van der Waals surface area contributed by atoms with E-state index in [0.717, 1.165) is 19.3 Å². The molecule has 0 radical (unpaired) electrons. The highest BCUT2D eigenvalue weighted by atomic mass is 28.3. The van der Waals surface area contributed by atoms with Crippen LogP contribution in [0.5, 0.6) is 0 Å². The van der Waals surface area contributed by atoms with Gasteiger partial charge in [-0.1, -0.05) is 20.8 Å². The first-order valence-electron chi connectivity index (χ1n) is 5.63. The molecule has 0 aromatic carbocycles. The molecule has 84 valence electrons. The third kappa shape index (κ3) is 3.07. The van der Waals surface area contributed by atoms with Crippen molar-refractivity contribution in [2.45, 2.75) is 58.9 Å². The van der Waals surface area contributed by atoms with Crippen molar-refractivity contribution in [1.82, 2.24) is 0 Å². The van der Waals surface area contributed by atoms with Crippen molar-refractivity contribution >= 4 is 9.04 Å². The van der Waals surface area contributed by atoms with E-state index < -0.39 is 14.8 Å². The molecule has 0 amide bonds. The lowest BCUT2D eigenvalue weighted by atomic mass is 9.79. The van der Waals surface area contributed by atoms with E-state index in [9.17, 15) is 5.11 Å². The fourth-order valence-corrected chi connectivity index (χ4v) is 3.37. The van der Waals surface area contributed by atoms with Gasteiger partial charge in [-0.05, 0) is 30.8 Å². The molecule has 1 saturated carbocycles. The number of hydrogen-bond donors (Lipinski definition) is 1. The highest BCUT2D eigenvalue weighted by Crippen LogP contribution is 2.44. The Hall–Kier alpha value is 0.137. The van der Waals surface area contributed by atoms with E-state index in [0.29, 0.717) is 11.3 Å². The molecule has 0 aromatic heterocycles. The zero-order chi connectivity index (χ0) is 11.0. The standard InChI is InChI=1S/C11H24O2Si/c1-10(2,3)9-6-7-11(12,8-9)13-14(4)5/h9,12,14H,6-8H2,1-5H3. The average molecular weight is 216 g/mol. The molecule has 3 heteroatoms. The van der Waals surface area contributed by atoms with Crippen LogP contribution >= 0.6 is 0 Å². The monoisotopic (exact) mass is 216 g/mol. The second-order valence-electron chi connectivity index (χ2n) is 5.92. The van der Waals surface area contributed by atoms with Crippen LogP contribution in [0.25, 0.3) is 0 Å². The molecule has 1 N–H and O–H groups in total. The zero-order valence-corrected chi connectivity index (χ0v) is 11.3. The van der Waals surface area contributed by atoms with Crippen LogP contribution in [0.15, 0.2) is 0 Å². The summed E-state index contributed by atoms with van der Waals surface area (Å²) in [6.07, 6.45) is 2.74. The molecule has 1 fully saturated rings. The normalized spacial score (nSPS) is 34.1. The van der Waals surface area contributed by atoms with Crippen LogP contribution in [-0.4, -0.2) is 19.9 Å². The molecule has 0 aliphatic heterocycles. The smallest absolute Gasteiger partial charge is 0.174 e. The summed E-state index contributed by atoms with van der Waals surface area (Å²) in [6.45, 7) is 11.0. The Morgan fingerprint density at radius 1 is 1.36 bits per heavy atom. The lowest BCUT2D eigenvalue weighted by Crippen LogP contribution is -2.34. The van der Waals surface area contributed by atoms with Gasteiger partial charge in [-0.3, -0.25) is 0 Å². The van der Waals surface area contributed by atoms with Crippen molar-refractivity contribution in [3.63, 3.8) is 0 Å². The molecule has 14 heavy (non-hydrogen) atoms. The fourth-order valence-electron chi connectivity index (χ4n) is 2.27. The van der Waals surface area contributed by atoms with Gasteiger partial charge in [0.1, 0.15) is 0 Å². The van der Waals surface area contributed by atoms with Gasteiger partial charge in [0.2, 0.25) is 0 Å². The number of rotatable bonds is 2. The largest absolute Gasteiger partial charge is 0.394 e. The SMILES string of the molecule is C[SiH](C)OC1(O)CCC(C(C)(C)C)C1. The summed E-state index contributed by atoms with van der Waals surface area (Å²) >= 11 is 0. The molecule has 1 rings (SSSR count). The molecule has 0 saturated heterocycles. The van der Waals surface area contributed by atoms with Crippen molar-refractivity contribution in [1.29, 1.82) is 0 Å². The number of hydrogen-bond acceptors (Lipinski definition) is 2.